The lowest BCUT2D eigenvalue weighted by Gasteiger charge is -2.23. The van der Waals surface area contributed by atoms with Crippen LogP contribution < -0.4 is 9.64 Å². The minimum absolute atomic E-state index is 0.703. The molecule has 0 saturated carbocycles. The van der Waals surface area contributed by atoms with E-state index in [0.717, 1.165) is 44.8 Å². The molecule has 5 heteroatoms. The Morgan fingerprint density at radius 1 is 1.44 bits per heavy atom. The molecule has 0 radical (unpaired) electrons. The SMILES string of the molecule is CCCCOc1nsnc1N1CC=CCC1. The first kappa shape index (κ1) is 11.4. The Morgan fingerprint density at radius 3 is 3.12 bits per heavy atom. The van der Waals surface area contributed by atoms with Gasteiger partial charge in [0.2, 0.25) is 5.82 Å². The summed E-state index contributed by atoms with van der Waals surface area (Å²) < 4.78 is 14.2. The maximum absolute atomic E-state index is 5.64. The summed E-state index contributed by atoms with van der Waals surface area (Å²) in [7, 11) is 0. The Bertz CT molecular complexity index is 351. The molecule has 0 N–H and O–H groups in total. The highest BCUT2D eigenvalue weighted by Crippen LogP contribution is 2.26. The van der Waals surface area contributed by atoms with Gasteiger partial charge in [0, 0.05) is 13.1 Å². The molecule has 0 atom stereocenters. The molecule has 0 fully saturated rings. The third-order valence-corrected chi connectivity index (χ3v) is 3.04. The first-order valence-corrected chi connectivity index (χ1v) is 6.50. The summed E-state index contributed by atoms with van der Waals surface area (Å²) in [5.74, 6) is 1.61. The van der Waals surface area contributed by atoms with E-state index in [4.69, 9.17) is 4.74 Å². The molecule has 0 saturated heterocycles. The average Bonchev–Trinajstić information content (AvgIpc) is 2.79. The van der Waals surface area contributed by atoms with Crippen LogP contribution in [0.2, 0.25) is 0 Å². The monoisotopic (exact) mass is 239 g/mol. The van der Waals surface area contributed by atoms with Crippen molar-refractivity contribution in [3.8, 4) is 5.88 Å². The van der Waals surface area contributed by atoms with E-state index in [2.05, 4.69) is 32.7 Å². The number of aromatic nitrogens is 2. The van der Waals surface area contributed by atoms with Crippen molar-refractivity contribution in [2.75, 3.05) is 24.6 Å². The zero-order valence-electron chi connectivity index (χ0n) is 9.56. The van der Waals surface area contributed by atoms with Gasteiger partial charge in [-0.05, 0) is 12.8 Å². The number of hydrogen-bond donors (Lipinski definition) is 0. The number of hydrogen-bond acceptors (Lipinski definition) is 5. The topological polar surface area (TPSA) is 38.3 Å². The lowest BCUT2D eigenvalue weighted by atomic mass is 10.2. The van der Waals surface area contributed by atoms with Crippen molar-refractivity contribution in [2.45, 2.75) is 26.2 Å². The second-order valence-corrected chi connectivity index (χ2v) is 4.33. The molecular formula is C11H17N3OS. The third-order valence-electron chi connectivity index (χ3n) is 2.54. The predicted octanol–water partition coefficient (Wildman–Crippen LogP) is 2.48. The van der Waals surface area contributed by atoms with Gasteiger partial charge in [0.15, 0.2) is 0 Å². The fourth-order valence-corrected chi connectivity index (χ4v) is 2.13. The fraction of sp³-hybridized carbons (Fsp3) is 0.636. The van der Waals surface area contributed by atoms with E-state index < -0.39 is 0 Å². The van der Waals surface area contributed by atoms with Crippen molar-refractivity contribution in [3.63, 3.8) is 0 Å². The summed E-state index contributed by atoms with van der Waals surface area (Å²) in [5, 5.41) is 0. The number of unbranched alkanes of at least 4 members (excludes halogenated alkanes) is 1. The molecule has 1 aromatic heterocycles. The van der Waals surface area contributed by atoms with Crippen LogP contribution in [0.5, 0.6) is 5.88 Å². The van der Waals surface area contributed by atoms with Crippen LogP contribution in [-0.2, 0) is 0 Å². The zero-order valence-corrected chi connectivity index (χ0v) is 10.4. The van der Waals surface area contributed by atoms with Crippen molar-refractivity contribution in [2.24, 2.45) is 0 Å². The van der Waals surface area contributed by atoms with Gasteiger partial charge in [0.25, 0.3) is 5.88 Å². The normalized spacial score (nSPS) is 15.4. The second-order valence-electron chi connectivity index (χ2n) is 3.80. The smallest absolute Gasteiger partial charge is 0.270 e. The highest BCUT2D eigenvalue weighted by Gasteiger charge is 2.17. The van der Waals surface area contributed by atoms with Gasteiger partial charge >= 0.3 is 0 Å². The van der Waals surface area contributed by atoms with E-state index >= 15 is 0 Å². The Hall–Kier alpha value is -1.10. The molecule has 4 nitrogen and oxygen atoms in total. The predicted molar refractivity (Wildman–Crippen MR) is 66.3 cm³/mol. The van der Waals surface area contributed by atoms with Crippen LogP contribution in [0.4, 0.5) is 5.82 Å². The van der Waals surface area contributed by atoms with Crippen LogP contribution in [0.15, 0.2) is 12.2 Å². The van der Waals surface area contributed by atoms with E-state index in [1.807, 2.05) is 0 Å². The van der Waals surface area contributed by atoms with Crippen molar-refractivity contribution in [3.05, 3.63) is 12.2 Å². The van der Waals surface area contributed by atoms with Gasteiger partial charge in [0.05, 0.1) is 18.3 Å². The molecule has 16 heavy (non-hydrogen) atoms. The van der Waals surface area contributed by atoms with Gasteiger partial charge in [-0.15, -0.1) is 4.37 Å². The number of nitrogens with zero attached hydrogens (tertiary/aromatic N) is 3. The van der Waals surface area contributed by atoms with E-state index in [9.17, 15) is 0 Å². The molecule has 2 rings (SSSR count). The minimum atomic E-state index is 0.703. The van der Waals surface area contributed by atoms with Gasteiger partial charge in [0.1, 0.15) is 0 Å². The van der Waals surface area contributed by atoms with Crippen molar-refractivity contribution in [1.82, 2.24) is 8.75 Å². The Morgan fingerprint density at radius 2 is 2.38 bits per heavy atom. The standard InChI is InChI=1S/C11H17N3OS/c1-2-3-9-15-11-10(12-16-13-11)14-7-5-4-6-8-14/h4-5H,2-3,6-9H2,1H3. The first-order valence-electron chi connectivity index (χ1n) is 5.77. The van der Waals surface area contributed by atoms with E-state index in [0.29, 0.717) is 5.88 Å². The lowest BCUT2D eigenvalue weighted by Crippen LogP contribution is -2.27. The largest absolute Gasteiger partial charge is 0.474 e. The van der Waals surface area contributed by atoms with Crippen LogP contribution in [0.3, 0.4) is 0 Å². The molecule has 1 aromatic rings. The summed E-state index contributed by atoms with van der Waals surface area (Å²) in [6.07, 6.45) is 7.65. The zero-order chi connectivity index (χ0) is 11.2. The molecule has 0 bridgehead atoms. The van der Waals surface area contributed by atoms with Gasteiger partial charge in [-0.2, -0.15) is 4.37 Å². The summed E-state index contributed by atoms with van der Waals surface area (Å²) in [6, 6.07) is 0. The van der Waals surface area contributed by atoms with Crippen LogP contribution in [0.25, 0.3) is 0 Å². The van der Waals surface area contributed by atoms with Crippen LogP contribution in [-0.4, -0.2) is 28.4 Å². The van der Waals surface area contributed by atoms with Crippen LogP contribution >= 0.6 is 11.7 Å². The molecule has 2 heterocycles. The van der Waals surface area contributed by atoms with Gasteiger partial charge in [-0.3, -0.25) is 0 Å². The third kappa shape index (κ3) is 2.72. The second kappa shape index (κ2) is 5.84. The Labute approximate surface area is 100 Å². The fourth-order valence-electron chi connectivity index (χ4n) is 1.61. The summed E-state index contributed by atoms with van der Waals surface area (Å²) in [6.45, 7) is 4.80. The van der Waals surface area contributed by atoms with E-state index in [1.54, 1.807) is 0 Å². The number of anilines is 1. The molecule has 1 aliphatic heterocycles. The molecule has 0 unspecified atom stereocenters. The van der Waals surface area contributed by atoms with Crippen LogP contribution in [0.1, 0.15) is 26.2 Å². The van der Waals surface area contributed by atoms with Gasteiger partial charge in [-0.1, -0.05) is 25.5 Å². The quantitative estimate of drug-likeness (QED) is 0.584. The van der Waals surface area contributed by atoms with Gasteiger partial charge < -0.3 is 9.64 Å². The summed E-state index contributed by atoms with van der Waals surface area (Å²) in [5.41, 5.74) is 0. The Kier molecular flexibility index (Phi) is 4.16. The highest BCUT2D eigenvalue weighted by atomic mass is 32.1. The van der Waals surface area contributed by atoms with Crippen molar-refractivity contribution >= 4 is 17.5 Å². The highest BCUT2D eigenvalue weighted by molar-refractivity contribution is 6.99. The molecule has 0 spiro atoms. The maximum Gasteiger partial charge on any atom is 0.270 e. The molecular weight excluding hydrogens is 222 g/mol. The van der Waals surface area contributed by atoms with Crippen molar-refractivity contribution < 1.29 is 4.74 Å². The van der Waals surface area contributed by atoms with E-state index in [-0.39, 0.29) is 0 Å². The number of ether oxygens (including phenoxy) is 1. The summed E-state index contributed by atoms with van der Waals surface area (Å²) >= 11 is 1.23. The lowest BCUT2D eigenvalue weighted by molar-refractivity contribution is 0.300. The summed E-state index contributed by atoms with van der Waals surface area (Å²) in [4.78, 5) is 2.21. The molecule has 0 aromatic carbocycles. The Balaban J connectivity index is 1.97. The van der Waals surface area contributed by atoms with Crippen molar-refractivity contribution in [1.29, 1.82) is 0 Å². The average molecular weight is 239 g/mol. The number of rotatable bonds is 5. The van der Waals surface area contributed by atoms with Crippen LogP contribution in [0, 0.1) is 0 Å². The van der Waals surface area contributed by atoms with Gasteiger partial charge in [-0.25, -0.2) is 0 Å². The maximum atomic E-state index is 5.64. The molecule has 88 valence electrons. The molecule has 0 aliphatic carbocycles. The molecule has 0 amide bonds. The molecule has 1 aliphatic rings. The van der Waals surface area contributed by atoms with E-state index in [1.165, 1.54) is 11.7 Å². The first-order chi connectivity index (χ1) is 7.92. The minimum Gasteiger partial charge on any atom is -0.474 e.